The maximum atomic E-state index is 6.14. The molecule has 0 spiro atoms. The maximum Gasteiger partial charge on any atom is 0.150 e. The zero-order valence-corrected chi connectivity index (χ0v) is 14.7. The molecule has 2 N–H and O–H groups in total. The number of nitrogens with two attached hydrogens (primary N) is 1. The maximum absolute atomic E-state index is 6.14. The molecule has 4 rings (SSSR count). The van der Waals surface area contributed by atoms with Crippen LogP contribution in [0.1, 0.15) is 0 Å². The first-order chi connectivity index (χ1) is 13.3. The van der Waals surface area contributed by atoms with Crippen LogP contribution in [0, 0.1) is 0 Å². The van der Waals surface area contributed by atoms with Crippen molar-refractivity contribution in [1.82, 2.24) is 0 Å². The Labute approximate surface area is 158 Å². The predicted molar refractivity (Wildman–Crippen MR) is 109 cm³/mol. The Bertz CT molecular complexity index is 1010. The van der Waals surface area contributed by atoms with Gasteiger partial charge in [0.25, 0.3) is 0 Å². The quantitative estimate of drug-likeness (QED) is 0.415. The average molecular weight is 353 g/mol. The molecule has 3 nitrogen and oxygen atoms in total. The Morgan fingerprint density at radius 3 is 1.70 bits per heavy atom. The summed E-state index contributed by atoms with van der Waals surface area (Å²) in [6.45, 7) is 0. The van der Waals surface area contributed by atoms with Gasteiger partial charge in [-0.3, -0.25) is 0 Å². The number of hydrogen-bond acceptors (Lipinski definition) is 3. The molecule has 3 heteroatoms. The number of hydrogen-bond donors (Lipinski definition) is 1. The number of rotatable bonds is 5. The van der Waals surface area contributed by atoms with Gasteiger partial charge < -0.3 is 15.2 Å². The van der Waals surface area contributed by atoms with Crippen molar-refractivity contribution in [2.45, 2.75) is 0 Å². The van der Waals surface area contributed by atoms with Crippen molar-refractivity contribution in [1.29, 1.82) is 0 Å². The second-order valence-corrected chi connectivity index (χ2v) is 6.11. The van der Waals surface area contributed by atoms with Crippen LogP contribution in [-0.2, 0) is 0 Å². The van der Waals surface area contributed by atoms with Gasteiger partial charge in [-0.2, -0.15) is 0 Å². The summed E-state index contributed by atoms with van der Waals surface area (Å²) in [5.74, 6) is 2.77. The van der Waals surface area contributed by atoms with Crippen LogP contribution >= 0.6 is 0 Å². The van der Waals surface area contributed by atoms with Gasteiger partial charge in [-0.25, -0.2) is 0 Å². The number of ether oxygens (including phenoxy) is 2. The van der Waals surface area contributed by atoms with E-state index in [0.29, 0.717) is 17.2 Å². The van der Waals surface area contributed by atoms with Gasteiger partial charge in [0.05, 0.1) is 5.69 Å². The second-order valence-electron chi connectivity index (χ2n) is 6.11. The standard InChI is InChI=1S/C24H19NO2/c25-23-17-22(26-20-9-5-2-6-10-20)15-16-24(23)27-21-13-11-19(12-14-21)18-7-3-1-4-8-18/h1-17H,25H2. The normalized spacial score (nSPS) is 10.4. The molecular formula is C24H19NO2. The van der Waals surface area contributed by atoms with Crippen LogP contribution in [-0.4, -0.2) is 0 Å². The molecule has 0 aliphatic rings. The third kappa shape index (κ3) is 4.10. The zero-order chi connectivity index (χ0) is 18.5. The van der Waals surface area contributed by atoms with Crippen LogP contribution in [0.15, 0.2) is 103 Å². The third-order valence-corrected chi connectivity index (χ3v) is 4.15. The molecule has 132 valence electrons. The highest BCUT2D eigenvalue weighted by atomic mass is 16.5. The molecule has 0 bridgehead atoms. The summed E-state index contributed by atoms with van der Waals surface area (Å²) in [6.07, 6.45) is 0. The predicted octanol–water partition coefficient (Wildman–Crippen LogP) is 6.52. The minimum Gasteiger partial charge on any atom is -0.457 e. The van der Waals surface area contributed by atoms with E-state index < -0.39 is 0 Å². The Balaban J connectivity index is 1.48. The molecule has 4 aromatic carbocycles. The van der Waals surface area contributed by atoms with Crippen LogP contribution in [0.5, 0.6) is 23.0 Å². The summed E-state index contributed by atoms with van der Waals surface area (Å²) in [4.78, 5) is 0. The first-order valence-corrected chi connectivity index (χ1v) is 8.74. The van der Waals surface area contributed by atoms with Crippen molar-refractivity contribution < 1.29 is 9.47 Å². The van der Waals surface area contributed by atoms with Crippen molar-refractivity contribution in [2.24, 2.45) is 0 Å². The van der Waals surface area contributed by atoms with Gasteiger partial charge in [-0.1, -0.05) is 60.7 Å². The van der Waals surface area contributed by atoms with Gasteiger partial charge >= 0.3 is 0 Å². The molecule has 0 aromatic heterocycles. The number of nitrogen functional groups attached to an aromatic ring is 1. The van der Waals surface area contributed by atoms with Gasteiger partial charge in [0.2, 0.25) is 0 Å². The summed E-state index contributed by atoms with van der Waals surface area (Å²) < 4.78 is 11.7. The van der Waals surface area contributed by atoms with Crippen LogP contribution in [0.2, 0.25) is 0 Å². The molecule has 0 aliphatic heterocycles. The highest BCUT2D eigenvalue weighted by molar-refractivity contribution is 5.64. The summed E-state index contributed by atoms with van der Waals surface area (Å²) in [5, 5.41) is 0. The second kappa shape index (κ2) is 7.67. The summed E-state index contributed by atoms with van der Waals surface area (Å²) in [7, 11) is 0. The minimum absolute atomic E-state index is 0.524. The Morgan fingerprint density at radius 1 is 0.481 bits per heavy atom. The molecule has 0 fully saturated rings. The van der Waals surface area contributed by atoms with Crippen LogP contribution in [0.4, 0.5) is 5.69 Å². The Kier molecular flexibility index (Phi) is 4.75. The van der Waals surface area contributed by atoms with E-state index in [1.54, 1.807) is 6.07 Å². The smallest absolute Gasteiger partial charge is 0.150 e. The van der Waals surface area contributed by atoms with Gasteiger partial charge in [0.1, 0.15) is 17.2 Å². The third-order valence-electron chi connectivity index (χ3n) is 4.15. The van der Waals surface area contributed by atoms with Crippen LogP contribution < -0.4 is 15.2 Å². The molecule has 0 aliphatic carbocycles. The molecule has 0 saturated heterocycles. The largest absolute Gasteiger partial charge is 0.457 e. The first kappa shape index (κ1) is 16.7. The lowest BCUT2D eigenvalue weighted by Gasteiger charge is -2.11. The van der Waals surface area contributed by atoms with E-state index in [-0.39, 0.29) is 0 Å². The summed E-state index contributed by atoms with van der Waals surface area (Å²) in [5.41, 5.74) is 8.98. The van der Waals surface area contributed by atoms with Crippen molar-refractivity contribution in [3.05, 3.63) is 103 Å². The van der Waals surface area contributed by atoms with Crippen molar-refractivity contribution in [3.8, 4) is 34.1 Å². The molecule has 0 saturated carbocycles. The lowest BCUT2D eigenvalue weighted by atomic mass is 10.1. The summed E-state index contributed by atoms with van der Waals surface area (Å²) in [6, 6.07) is 33.2. The zero-order valence-electron chi connectivity index (χ0n) is 14.7. The molecule has 27 heavy (non-hydrogen) atoms. The topological polar surface area (TPSA) is 44.5 Å². The number of benzene rings is 4. The highest BCUT2D eigenvalue weighted by Gasteiger charge is 2.06. The SMILES string of the molecule is Nc1cc(Oc2ccccc2)ccc1Oc1ccc(-c2ccccc2)cc1. The van der Waals surface area contributed by atoms with E-state index in [4.69, 9.17) is 15.2 Å². The fourth-order valence-corrected chi connectivity index (χ4v) is 2.78. The summed E-state index contributed by atoms with van der Waals surface area (Å²) >= 11 is 0. The monoisotopic (exact) mass is 353 g/mol. The minimum atomic E-state index is 0.524. The van der Waals surface area contributed by atoms with E-state index in [0.717, 1.165) is 17.1 Å². The van der Waals surface area contributed by atoms with Crippen molar-refractivity contribution >= 4 is 5.69 Å². The van der Waals surface area contributed by atoms with Gasteiger partial charge in [-0.15, -0.1) is 0 Å². The lowest BCUT2D eigenvalue weighted by molar-refractivity contribution is 0.471. The molecule has 0 heterocycles. The molecule has 0 atom stereocenters. The van der Waals surface area contributed by atoms with E-state index >= 15 is 0 Å². The molecule has 0 unspecified atom stereocenters. The van der Waals surface area contributed by atoms with Gasteiger partial charge in [0, 0.05) is 6.07 Å². The molecule has 0 radical (unpaired) electrons. The van der Waals surface area contributed by atoms with E-state index in [1.807, 2.05) is 84.9 Å². The first-order valence-electron chi connectivity index (χ1n) is 8.74. The Hall–Kier alpha value is -3.72. The number of anilines is 1. The van der Waals surface area contributed by atoms with E-state index in [2.05, 4.69) is 12.1 Å². The highest BCUT2D eigenvalue weighted by Crippen LogP contribution is 2.33. The lowest BCUT2D eigenvalue weighted by Crippen LogP contribution is -1.93. The van der Waals surface area contributed by atoms with Crippen molar-refractivity contribution in [2.75, 3.05) is 5.73 Å². The molecular weight excluding hydrogens is 334 g/mol. The van der Waals surface area contributed by atoms with Crippen molar-refractivity contribution in [3.63, 3.8) is 0 Å². The average Bonchev–Trinajstić information content (AvgIpc) is 2.72. The number of para-hydroxylation sites is 1. The van der Waals surface area contributed by atoms with E-state index in [9.17, 15) is 0 Å². The van der Waals surface area contributed by atoms with Gasteiger partial charge in [-0.05, 0) is 47.5 Å². The van der Waals surface area contributed by atoms with Crippen LogP contribution in [0.25, 0.3) is 11.1 Å². The Morgan fingerprint density at radius 2 is 1.04 bits per heavy atom. The van der Waals surface area contributed by atoms with Gasteiger partial charge in [0.15, 0.2) is 5.75 Å². The fourth-order valence-electron chi connectivity index (χ4n) is 2.78. The van der Waals surface area contributed by atoms with E-state index in [1.165, 1.54) is 5.56 Å². The fraction of sp³-hybridized carbons (Fsp3) is 0. The van der Waals surface area contributed by atoms with Crippen LogP contribution in [0.3, 0.4) is 0 Å². The molecule has 4 aromatic rings. The molecule has 0 amide bonds.